The second kappa shape index (κ2) is 5.08. The van der Waals surface area contributed by atoms with E-state index in [0.29, 0.717) is 12.6 Å². The van der Waals surface area contributed by atoms with Crippen LogP contribution in [0.1, 0.15) is 13.8 Å². The lowest BCUT2D eigenvalue weighted by molar-refractivity contribution is 0.337. The molecule has 0 saturated heterocycles. The summed E-state index contributed by atoms with van der Waals surface area (Å²) >= 11 is 0. The average Bonchev–Trinajstić information content (AvgIpc) is 2.76. The fourth-order valence-corrected chi connectivity index (χ4v) is 1.86. The van der Waals surface area contributed by atoms with Gasteiger partial charge in [-0.2, -0.15) is 0 Å². The first-order valence-electron chi connectivity index (χ1n) is 5.85. The molecule has 1 aliphatic rings. The van der Waals surface area contributed by atoms with E-state index in [2.05, 4.69) is 16.8 Å². The van der Waals surface area contributed by atoms with Crippen LogP contribution in [0, 0.1) is 0 Å². The first kappa shape index (κ1) is 11.8. The number of nitrogens with zero attached hydrogens (tertiary/aromatic N) is 2. The molecule has 2 rings (SSSR count). The summed E-state index contributed by atoms with van der Waals surface area (Å²) < 4.78 is 10.9. The van der Waals surface area contributed by atoms with Crippen molar-refractivity contribution in [1.29, 1.82) is 0 Å². The van der Waals surface area contributed by atoms with Crippen LogP contribution in [0.3, 0.4) is 0 Å². The summed E-state index contributed by atoms with van der Waals surface area (Å²) in [6.07, 6.45) is 1.87. The molecule has 0 spiro atoms. The van der Waals surface area contributed by atoms with Crippen molar-refractivity contribution >= 4 is 12.0 Å². The molecule has 0 N–H and O–H groups in total. The Balaban J connectivity index is 2.29. The van der Waals surface area contributed by atoms with Crippen molar-refractivity contribution in [3.63, 3.8) is 0 Å². The van der Waals surface area contributed by atoms with Crippen LogP contribution in [0.15, 0.2) is 23.2 Å². The van der Waals surface area contributed by atoms with Crippen molar-refractivity contribution in [1.82, 2.24) is 0 Å². The maximum Gasteiger partial charge on any atom is 0.146 e. The van der Waals surface area contributed by atoms with Crippen LogP contribution in [-0.2, 0) is 0 Å². The van der Waals surface area contributed by atoms with E-state index in [4.69, 9.17) is 9.47 Å². The standard InChI is InChI=1S/C13H18N2O2/c1-4-17-13-7-11(16-3)5-6-12(13)15-8-10(2)14-9-15/h5-7,9-10H,4,8H2,1-3H3. The highest BCUT2D eigenvalue weighted by Crippen LogP contribution is 2.33. The fourth-order valence-electron chi connectivity index (χ4n) is 1.86. The monoisotopic (exact) mass is 234 g/mol. The summed E-state index contributed by atoms with van der Waals surface area (Å²) in [6.45, 7) is 5.61. The average molecular weight is 234 g/mol. The SMILES string of the molecule is CCOc1cc(OC)ccc1N1C=NC(C)C1. The van der Waals surface area contributed by atoms with Crippen molar-refractivity contribution in [2.75, 3.05) is 25.2 Å². The summed E-state index contributed by atoms with van der Waals surface area (Å²) in [6, 6.07) is 6.20. The van der Waals surface area contributed by atoms with Gasteiger partial charge < -0.3 is 14.4 Å². The Morgan fingerprint density at radius 1 is 1.47 bits per heavy atom. The third-order valence-electron chi connectivity index (χ3n) is 2.70. The molecule has 1 heterocycles. The molecule has 0 radical (unpaired) electrons. The predicted octanol–water partition coefficient (Wildman–Crippen LogP) is 2.33. The Morgan fingerprint density at radius 3 is 2.88 bits per heavy atom. The van der Waals surface area contributed by atoms with Gasteiger partial charge in [-0.05, 0) is 26.0 Å². The molecule has 0 aliphatic carbocycles. The van der Waals surface area contributed by atoms with E-state index in [-0.39, 0.29) is 0 Å². The minimum absolute atomic E-state index is 0.339. The lowest BCUT2D eigenvalue weighted by Crippen LogP contribution is -2.22. The molecular weight excluding hydrogens is 216 g/mol. The molecular formula is C13H18N2O2. The van der Waals surface area contributed by atoms with Crippen LogP contribution < -0.4 is 14.4 Å². The van der Waals surface area contributed by atoms with Gasteiger partial charge in [0.05, 0.1) is 31.8 Å². The van der Waals surface area contributed by atoms with E-state index >= 15 is 0 Å². The zero-order valence-electron chi connectivity index (χ0n) is 10.5. The molecule has 92 valence electrons. The van der Waals surface area contributed by atoms with Crippen molar-refractivity contribution in [3.8, 4) is 11.5 Å². The fraction of sp³-hybridized carbons (Fsp3) is 0.462. The maximum absolute atomic E-state index is 5.64. The summed E-state index contributed by atoms with van der Waals surface area (Å²) in [4.78, 5) is 6.46. The number of methoxy groups -OCH3 is 1. The number of hydrogen-bond donors (Lipinski definition) is 0. The molecule has 0 saturated carbocycles. The first-order chi connectivity index (χ1) is 8.24. The van der Waals surface area contributed by atoms with Crippen molar-refractivity contribution < 1.29 is 9.47 Å². The minimum atomic E-state index is 0.339. The molecule has 1 unspecified atom stereocenters. The minimum Gasteiger partial charge on any atom is -0.497 e. The van der Waals surface area contributed by atoms with E-state index in [1.807, 2.05) is 31.5 Å². The molecule has 0 aromatic heterocycles. The molecule has 1 aromatic carbocycles. The zero-order chi connectivity index (χ0) is 12.3. The van der Waals surface area contributed by atoms with Gasteiger partial charge in [0.15, 0.2) is 0 Å². The van der Waals surface area contributed by atoms with Crippen molar-refractivity contribution in [3.05, 3.63) is 18.2 Å². The van der Waals surface area contributed by atoms with Crippen LogP contribution in [0.25, 0.3) is 0 Å². The molecule has 0 bridgehead atoms. The highest BCUT2D eigenvalue weighted by molar-refractivity contribution is 5.84. The summed E-state index contributed by atoms with van der Waals surface area (Å²) in [7, 11) is 1.66. The van der Waals surface area contributed by atoms with E-state index in [0.717, 1.165) is 23.7 Å². The quantitative estimate of drug-likeness (QED) is 0.801. The van der Waals surface area contributed by atoms with Gasteiger partial charge >= 0.3 is 0 Å². The predicted molar refractivity (Wildman–Crippen MR) is 69.5 cm³/mol. The molecule has 0 fully saturated rings. The van der Waals surface area contributed by atoms with E-state index < -0.39 is 0 Å². The van der Waals surface area contributed by atoms with Crippen LogP contribution >= 0.6 is 0 Å². The normalized spacial score (nSPS) is 18.5. The number of anilines is 1. The maximum atomic E-state index is 5.64. The Morgan fingerprint density at radius 2 is 2.29 bits per heavy atom. The Labute approximate surface area is 102 Å². The summed E-state index contributed by atoms with van der Waals surface area (Å²) in [5.74, 6) is 1.65. The second-order valence-corrected chi connectivity index (χ2v) is 4.03. The number of aliphatic imine (C=N–C) groups is 1. The van der Waals surface area contributed by atoms with E-state index in [1.165, 1.54) is 0 Å². The Kier molecular flexibility index (Phi) is 3.52. The Bertz CT molecular complexity index is 418. The van der Waals surface area contributed by atoms with Crippen LogP contribution in [0.5, 0.6) is 11.5 Å². The largest absolute Gasteiger partial charge is 0.497 e. The van der Waals surface area contributed by atoms with Gasteiger partial charge in [-0.3, -0.25) is 4.99 Å². The zero-order valence-corrected chi connectivity index (χ0v) is 10.5. The highest BCUT2D eigenvalue weighted by Gasteiger charge is 2.18. The van der Waals surface area contributed by atoms with Gasteiger partial charge in [0.1, 0.15) is 11.5 Å². The molecule has 1 atom stereocenters. The smallest absolute Gasteiger partial charge is 0.146 e. The summed E-state index contributed by atoms with van der Waals surface area (Å²) in [5, 5.41) is 0. The topological polar surface area (TPSA) is 34.1 Å². The van der Waals surface area contributed by atoms with Gasteiger partial charge in [0.25, 0.3) is 0 Å². The highest BCUT2D eigenvalue weighted by atomic mass is 16.5. The van der Waals surface area contributed by atoms with Gasteiger partial charge in [0, 0.05) is 12.6 Å². The van der Waals surface area contributed by atoms with Crippen LogP contribution in [-0.4, -0.2) is 32.6 Å². The summed E-state index contributed by atoms with van der Waals surface area (Å²) in [5.41, 5.74) is 1.04. The molecule has 1 aromatic rings. The third kappa shape index (κ3) is 2.52. The van der Waals surface area contributed by atoms with E-state index in [9.17, 15) is 0 Å². The van der Waals surface area contributed by atoms with Gasteiger partial charge in [-0.25, -0.2) is 0 Å². The van der Waals surface area contributed by atoms with Crippen molar-refractivity contribution in [2.24, 2.45) is 4.99 Å². The number of benzene rings is 1. The first-order valence-corrected chi connectivity index (χ1v) is 5.85. The lowest BCUT2D eigenvalue weighted by Gasteiger charge is -2.19. The molecule has 0 amide bonds. The molecule has 4 heteroatoms. The Hall–Kier alpha value is -1.71. The van der Waals surface area contributed by atoms with E-state index in [1.54, 1.807) is 7.11 Å². The van der Waals surface area contributed by atoms with Crippen LogP contribution in [0.4, 0.5) is 5.69 Å². The molecule has 4 nitrogen and oxygen atoms in total. The number of ether oxygens (including phenoxy) is 2. The molecule has 17 heavy (non-hydrogen) atoms. The lowest BCUT2D eigenvalue weighted by atomic mass is 10.2. The van der Waals surface area contributed by atoms with Crippen molar-refractivity contribution in [2.45, 2.75) is 19.9 Å². The van der Waals surface area contributed by atoms with Gasteiger partial charge in [-0.1, -0.05) is 0 Å². The van der Waals surface area contributed by atoms with Crippen LogP contribution in [0.2, 0.25) is 0 Å². The second-order valence-electron chi connectivity index (χ2n) is 4.03. The number of rotatable bonds is 4. The molecule has 1 aliphatic heterocycles. The van der Waals surface area contributed by atoms with Gasteiger partial charge in [0.2, 0.25) is 0 Å². The third-order valence-corrected chi connectivity index (χ3v) is 2.70. The number of hydrogen-bond acceptors (Lipinski definition) is 4. The van der Waals surface area contributed by atoms with Gasteiger partial charge in [-0.15, -0.1) is 0 Å².